The Morgan fingerprint density at radius 2 is 1.68 bits per heavy atom. The minimum Gasteiger partial charge on any atom is -0.493 e. The zero-order valence-electron chi connectivity index (χ0n) is 12.2. The van der Waals surface area contributed by atoms with Crippen molar-refractivity contribution >= 4 is 5.78 Å². The summed E-state index contributed by atoms with van der Waals surface area (Å²) in [5.41, 5.74) is 2.60. The second kappa shape index (κ2) is 4.72. The fraction of sp³-hybridized carbons (Fsp3) is 0.438. The molecule has 0 bridgehead atoms. The van der Waals surface area contributed by atoms with Crippen molar-refractivity contribution in [2.24, 2.45) is 5.41 Å². The second-order valence-corrected chi connectivity index (χ2v) is 5.91. The van der Waals surface area contributed by atoms with Gasteiger partial charge in [-0.1, -0.05) is 26.8 Å². The van der Waals surface area contributed by atoms with Crippen molar-refractivity contribution < 1.29 is 14.3 Å². The fourth-order valence-electron chi connectivity index (χ4n) is 2.38. The summed E-state index contributed by atoms with van der Waals surface area (Å²) < 4.78 is 10.5. The van der Waals surface area contributed by atoms with Crippen molar-refractivity contribution in [2.75, 3.05) is 14.2 Å². The molecule has 0 spiro atoms. The Bertz CT molecular complexity index is 548. The van der Waals surface area contributed by atoms with E-state index in [1.807, 2.05) is 12.1 Å². The lowest BCUT2D eigenvalue weighted by atomic mass is 9.92. The molecule has 0 aliphatic heterocycles. The summed E-state index contributed by atoms with van der Waals surface area (Å²) in [5.74, 6) is 1.38. The Balaban J connectivity index is 2.47. The quantitative estimate of drug-likeness (QED) is 0.764. The van der Waals surface area contributed by atoms with Crippen LogP contribution in [-0.2, 0) is 6.42 Å². The number of carbonyl (C=O) groups is 1. The number of fused-ring (bicyclic) bond motifs is 1. The molecule has 0 fully saturated rings. The number of rotatable bonds is 2. The van der Waals surface area contributed by atoms with Gasteiger partial charge < -0.3 is 9.47 Å². The zero-order valence-corrected chi connectivity index (χ0v) is 12.2. The van der Waals surface area contributed by atoms with E-state index in [0.29, 0.717) is 17.9 Å². The molecule has 1 aliphatic carbocycles. The lowest BCUT2D eigenvalue weighted by Crippen LogP contribution is -2.05. The molecule has 0 amide bonds. The summed E-state index contributed by atoms with van der Waals surface area (Å²) in [6.07, 6.45) is 2.72. The number of benzene rings is 1. The van der Waals surface area contributed by atoms with E-state index in [9.17, 15) is 4.79 Å². The summed E-state index contributed by atoms with van der Waals surface area (Å²) >= 11 is 0. The number of methoxy groups -OCH3 is 2. The third-order valence-corrected chi connectivity index (χ3v) is 3.13. The summed E-state index contributed by atoms with van der Waals surface area (Å²) in [6.45, 7) is 6.28. The molecule has 0 heterocycles. The van der Waals surface area contributed by atoms with Gasteiger partial charge in [-0.25, -0.2) is 0 Å². The molecule has 0 saturated carbocycles. The molecular formula is C16H20O3. The predicted octanol–water partition coefficient (Wildman–Crippen LogP) is 3.42. The average molecular weight is 260 g/mol. The summed E-state index contributed by atoms with van der Waals surface area (Å²) in [5, 5.41) is 0. The van der Waals surface area contributed by atoms with Crippen LogP contribution in [0, 0.1) is 5.41 Å². The van der Waals surface area contributed by atoms with Crippen molar-refractivity contribution in [3.63, 3.8) is 0 Å². The van der Waals surface area contributed by atoms with Crippen LogP contribution >= 0.6 is 0 Å². The number of carbonyl (C=O) groups excluding carboxylic acids is 1. The molecular weight excluding hydrogens is 240 g/mol. The molecule has 1 aliphatic rings. The van der Waals surface area contributed by atoms with E-state index in [2.05, 4.69) is 20.8 Å². The first-order valence-corrected chi connectivity index (χ1v) is 6.37. The highest BCUT2D eigenvalue weighted by atomic mass is 16.5. The lowest BCUT2D eigenvalue weighted by molar-refractivity contribution is 0.103. The number of ether oxygens (including phenoxy) is 2. The van der Waals surface area contributed by atoms with E-state index in [1.54, 1.807) is 20.3 Å². The normalized spacial score (nSPS) is 16.7. The smallest absolute Gasteiger partial charge is 0.189 e. The van der Waals surface area contributed by atoms with Crippen molar-refractivity contribution in [1.82, 2.24) is 0 Å². The topological polar surface area (TPSA) is 35.5 Å². The molecule has 0 radical (unpaired) electrons. The SMILES string of the molecule is COc1cc2c(cc1OC)C(=O)/C(=C/C(C)(C)C)C2. The van der Waals surface area contributed by atoms with Gasteiger partial charge >= 0.3 is 0 Å². The van der Waals surface area contributed by atoms with Crippen LogP contribution in [-0.4, -0.2) is 20.0 Å². The number of hydrogen-bond acceptors (Lipinski definition) is 3. The third-order valence-electron chi connectivity index (χ3n) is 3.13. The number of allylic oxidation sites excluding steroid dienone is 2. The Morgan fingerprint density at radius 3 is 2.21 bits per heavy atom. The van der Waals surface area contributed by atoms with Crippen LogP contribution in [0.5, 0.6) is 11.5 Å². The maximum atomic E-state index is 12.4. The fourth-order valence-corrected chi connectivity index (χ4v) is 2.38. The molecule has 2 rings (SSSR count). The molecule has 0 saturated heterocycles. The predicted molar refractivity (Wildman–Crippen MR) is 75.1 cm³/mol. The van der Waals surface area contributed by atoms with Crippen LogP contribution in [0.2, 0.25) is 0 Å². The first-order chi connectivity index (χ1) is 8.85. The molecule has 3 nitrogen and oxygen atoms in total. The van der Waals surface area contributed by atoms with Crippen LogP contribution in [0.1, 0.15) is 36.7 Å². The highest BCUT2D eigenvalue weighted by Crippen LogP contribution is 2.37. The summed E-state index contributed by atoms with van der Waals surface area (Å²) in [4.78, 5) is 12.4. The van der Waals surface area contributed by atoms with E-state index < -0.39 is 0 Å². The van der Waals surface area contributed by atoms with Gasteiger partial charge in [0.25, 0.3) is 0 Å². The standard InChI is InChI=1S/C16H20O3/c1-16(2,3)9-11-6-10-7-13(18-4)14(19-5)8-12(10)15(11)17/h7-9H,6H2,1-5H3/b11-9+. The highest BCUT2D eigenvalue weighted by molar-refractivity contribution is 6.13. The van der Waals surface area contributed by atoms with Crippen molar-refractivity contribution in [1.29, 1.82) is 0 Å². The van der Waals surface area contributed by atoms with Gasteiger partial charge in [0.05, 0.1) is 14.2 Å². The van der Waals surface area contributed by atoms with Crippen molar-refractivity contribution in [3.8, 4) is 11.5 Å². The van der Waals surface area contributed by atoms with Gasteiger partial charge in [-0.15, -0.1) is 0 Å². The molecule has 0 unspecified atom stereocenters. The van der Waals surface area contributed by atoms with Gasteiger partial charge in [-0.2, -0.15) is 0 Å². The maximum Gasteiger partial charge on any atom is 0.189 e. The monoisotopic (exact) mass is 260 g/mol. The van der Waals surface area contributed by atoms with Gasteiger partial charge in [0.2, 0.25) is 0 Å². The van der Waals surface area contributed by atoms with E-state index in [-0.39, 0.29) is 11.2 Å². The number of ketones is 1. The van der Waals surface area contributed by atoms with Gasteiger partial charge in [-0.05, 0) is 23.1 Å². The minimum absolute atomic E-state index is 0.00120. The zero-order chi connectivity index (χ0) is 14.2. The van der Waals surface area contributed by atoms with Crippen molar-refractivity contribution in [2.45, 2.75) is 27.2 Å². The number of Topliss-reactive ketones (excluding diaryl/α,β-unsaturated/α-hetero) is 1. The molecule has 0 atom stereocenters. The maximum absolute atomic E-state index is 12.4. The van der Waals surface area contributed by atoms with Gasteiger partial charge in [-0.3, -0.25) is 4.79 Å². The molecule has 1 aromatic rings. The largest absolute Gasteiger partial charge is 0.493 e. The molecule has 3 heteroatoms. The minimum atomic E-state index is 0.00120. The Morgan fingerprint density at radius 1 is 1.11 bits per heavy atom. The van der Waals surface area contributed by atoms with Gasteiger partial charge in [0, 0.05) is 17.6 Å². The van der Waals surface area contributed by atoms with Crippen LogP contribution in [0.3, 0.4) is 0 Å². The van der Waals surface area contributed by atoms with Crippen LogP contribution < -0.4 is 9.47 Å². The highest BCUT2D eigenvalue weighted by Gasteiger charge is 2.28. The van der Waals surface area contributed by atoms with E-state index in [4.69, 9.17) is 9.47 Å². The second-order valence-electron chi connectivity index (χ2n) is 5.91. The van der Waals surface area contributed by atoms with Crippen LogP contribution in [0.25, 0.3) is 0 Å². The van der Waals surface area contributed by atoms with Gasteiger partial charge in [0.15, 0.2) is 17.3 Å². The first kappa shape index (κ1) is 13.7. The van der Waals surface area contributed by atoms with Crippen molar-refractivity contribution in [3.05, 3.63) is 34.9 Å². The van der Waals surface area contributed by atoms with E-state index >= 15 is 0 Å². The lowest BCUT2D eigenvalue weighted by Gasteiger charge is -2.12. The van der Waals surface area contributed by atoms with E-state index in [1.165, 1.54) is 0 Å². The Hall–Kier alpha value is -1.77. The Labute approximate surface area is 114 Å². The van der Waals surface area contributed by atoms with Gasteiger partial charge in [0.1, 0.15) is 0 Å². The summed E-state index contributed by atoms with van der Waals surface area (Å²) in [7, 11) is 3.18. The molecule has 19 heavy (non-hydrogen) atoms. The van der Waals surface area contributed by atoms with Crippen LogP contribution in [0.15, 0.2) is 23.8 Å². The first-order valence-electron chi connectivity index (χ1n) is 6.37. The molecule has 0 aromatic heterocycles. The molecule has 102 valence electrons. The third kappa shape index (κ3) is 2.65. The molecule has 0 N–H and O–H groups in total. The Kier molecular flexibility index (Phi) is 3.40. The molecule has 1 aromatic carbocycles. The number of hydrogen-bond donors (Lipinski definition) is 0. The van der Waals surface area contributed by atoms with Crippen LogP contribution in [0.4, 0.5) is 0 Å². The van der Waals surface area contributed by atoms with E-state index in [0.717, 1.165) is 16.7 Å². The summed E-state index contributed by atoms with van der Waals surface area (Å²) in [6, 6.07) is 3.68. The average Bonchev–Trinajstić information content (AvgIpc) is 2.62.